The van der Waals surface area contributed by atoms with E-state index in [1.807, 2.05) is 0 Å². The Morgan fingerprint density at radius 3 is 2.58 bits per heavy atom. The Labute approximate surface area is 74.3 Å². The number of nitrogens with zero attached hydrogens (tertiary/aromatic N) is 1. The molecule has 12 heavy (non-hydrogen) atoms. The summed E-state index contributed by atoms with van der Waals surface area (Å²) in [6.07, 6.45) is 1.06. The number of hydrogen-bond acceptors (Lipinski definition) is 3. The molecule has 1 heterocycles. The largest absolute Gasteiger partial charge is 0.396 e. The molecule has 3 nitrogen and oxygen atoms in total. The van der Waals surface area contributed by atoms with Crippen molar-refractivity contribution in [3.8, 4) is 0 Å². The van der Waals surface area contributed by atoms with Gasteiger partial charge in [-0.15, -0.1) is 0 Å². The number of hydrogen-bond donors (Lipinski definition) is 1. The van der Waals surface area contributed by atoms with Crippen LogP contribution in [0.25, 0.3) is 0 Å². The molecule has 1 saturated heterocycles. The Bertz CT molecular complexity index is 109. The van der Waals surface area contributed by atoms with Crippen LogP contribution >= 0.6 is 0 Å². The smallest absolute Gasteiger partial charge is 0.0594 e. The topological polar surface area (TPSA) is 32.7 Å². The lowest BCUT2D eigenvalue weighted by molar-refractivity contribution is 0.0252. The molecular weight excluding hydrogens is 154 g/mol. The number of ether oxygens (including phenoxy) is 1. The van der Waals surface area contributed by atoms with E-state index in [1.165, 1.54) is 0 Å². The monoisotopic (exact) mass is 173 g/mol. The molecule has 1 unspecified atom stereocenters. The summed E-state index contributed by atoms with van der Waals surface area (Å²) in [5, 5.41) is 9.00. The minimum atomic E-state index is 0.313. The summed E-state index contributed by atoms with van der Waals surface area (Å²) in [5.74, 6) is 0.447. The number of morpholine rings is 1. The van der Waals surface area contributed by atoms with Gasteiger partial charge in [-0.3, -0.25) is 4.90 Å². The molecular formula is C9H19NO2. The molecule has 0 amide bonds. The van der Waals surface area contributed by atoms with Crippen molar-refractivity contribution < 1.29 is 9.84 Å². The van der Waals surface area contributed by atoms with Gasteiger partial charge >= 0.3 is 0 Å². The first-order valence-electron chi connectivity index (χ1n) is 4.77. The van der Waals surface area contributed by atoms with Gasteiger partial charge in [0.15, 0.2) is 0 Å². The lowest BCUT2D eigenvalue weighted by Gasteiger charge is -2.29. The first-order valence-corrected chi connectivity index (χ1v) is 4.77. The van der Waals surface area contributed by atoms with Gasteiger partial charge in [-0.25, -0.2) is 0 Å². The predicted molar refractivity (Wildman–Crippen MR) is 48.1 cm³/mol. The molecule has 0 aromatic heterocycles. The number of aliphatic hydroxyl groups excluding tert-OH is 1. The summed E-state index contributed by atoms with van der Waals surface area (Å²) >= 11 is 0. The van der Waals surface area contributed by atoms with Crippen molar-refractivity contribution in [3.63, 3.8) is 0 Å². The van der Waals surface area contributed by atoms with Crippen LogP contribution in [0.5, 0.6) is 0 Å². The molecule has 0 saturated carbocycles. The molecule has 1 atom stereocenters. The Kier molecular flexibility index (Phi) is 4.58. The predicted octanol–water partition coefficient (Wildman–Crippen LogP) is 0.337. The zero-order chi connectivity index (χ0) is 8.81. The van der Waals surface area contributed by atoms with E-state index in [9.17, 15) is 0 Å². The normalized spacial score (nSPS) is 22.5. The molecule has 3 heteroatoms. The molecule has 0 radical (unpaired) electrons. The van der Waals surface area contributed by atoms with Crippen molar-refractivity contribution >= 4 is 0 Å². The molecule has 72 valence electrons. The van der Waals surface area contributed by atoms with Crippen LogP contribution in [-0.2, 0) is 4.74 Å². The minimum Gasteiger partial charge on any atom is -0.396 e. The Balaban J connectivity index is 2.18. The van der Waals surface area contributed by atoms with Crippen molar-refractivity contribution in [2.75, 3.05) is 39.5 Å². The quantitative estimate of drug-likeness (QED) is 0.665. The highest BCUT2D eigenvalue weighted by molar-refractivity contribution is 4.66. The highest BCUT2D eigenvalue weighted by atomic mass is 16.5. The molecule has 0 bridgehead atoms. The lowest BCUT2D eigenvalue weighted by atomic mass is 10.1. The van der Waals surface area contributed by atoms with Crippen LogP contribution in [0.2, 0.25) is 0 Å². The van der Waals surface area contributed by atoms with E-state index in [1.54, 1.807) is 0 Å². The van der Waals surface area contributed by atoms with E-state index < -0.39 is 0 Å². The van der Waals surface area contributed by atoms with Crippen molar-refractivity contribution in [2.45, 2.75) is 13.3 Å². The molecule has 0 spiro atoms. The summed E-state index contributed by atoms with van der Waals surface area (Å²) in [7, 11) is 0. The fraction of sp³-hybridized carbons (Fsp3) is 1.00. The third-order valence-corrected chi connectivity index (χ3v) is 2.46. The van der Waals surface area contributed by atoms with E-state index in [0.29, 0.717) is 12.5 Å². The second kappa shape index (κ2) is 5.51. The molecule has 1 fully saturated rings. The van der Waals surface area contributed by atoms with Gasteiger partial charge in [0.1, 0.15) is 0 Å². The Morgan fingerprint density at radius 2 is 2.08 bits per heavy atom. The van der Waals surface area contributed by atoms with Crippen LogP contribution in [0.15, 0.2) is 0 Å². The fourth-order valence-electron chi connectivity index (χ4n) is 1.46. The summed E-state index contributed by atoms with van der Waals surface area (Å²) in [6, 6.07) is 0. The van der Waals surface area contributed by atoms with E-state index in [4.69, 9.17) is 9.84 Å². The highest BCUT2D eigenvalue weighted by Crippen LogP contribution is 2.06. The van der Waals surface area contributed by atoms with Crippen molar-refractivity contribution in [1.82, 2.24) is 4.90 Å². The van der Waals surface area contributed by atoms with E-state index in [2.05, 4.69) is 11.8 Å². The van der Waals surface area contributed by atoms with Crippen molar-refractivity contribution in [3.05, 3.63) is 0 Å². The van der Waals surface area contributed by atoms with E-state index in [-0.39, 0.29) is 0 Å². The maximum atomic E-state index is 9.00. The standard InChI is InChI=1S/C9H19NO2/c1-2-9(8-11)7-10-3-5-12-6-4-10/h9,11H,2-8H2,1H3. The van der Waals surface area contributed by atoms with Crippen LogP contribution in [0.4, 0.5) is 0 Å². The third-order valence-electron chi connectivity index (χ3n) is 2.46. The zero-order valence-corrected chi connectivity index (χ0v) is 7.83. The first kappa shape index (κ1) is 9.96. The molecule has 1 aliphatic rings. The second-order valence-electron chi connectivity index (χ2n) is 3.37. The summed E-state index contributed by atoms with van der Waals surface area (Å²) in [4.78, 5) is 2.37. The highest BCUT2D eigenvalue weighted by Gasteiger charge is 2.14. The van der Waals surface area contributed by atoms with Crippen molar-refractivity contribution in [1.29, 1.82) is 0 Å². The van der Waals surface area contributed by atoms with Gasteiger partial charge in [0.25, 0.3) is 0 Å². The minimum absolute atomic E-state index is 0.313. The van der Waals surface area contributed by atoms with Crippen LogP contribution in [0.1, 0.15) is 13.3 Å². The molecule has 1 aliphatic heterocycles. The SMILES string of the molecule is CCC(CO)CN1CCOCC1. The summed E-state index contributed by atoms with van der Waals surface area (Å²) in [5.41, 5.74) is 0. The Morgan fingerprint density at radius 1 is 1.42 bits per heavy atom. The van der Waals surface area contributed by atoms with Crippen LogP contribution in [0, 0.1) is 5.92 Å². The lowest BCUT2D eigenvalue weighted by Crippen LogP contribution is -2.39. The van der Waals surface area contributed by atoms with Gasteiger partial charge in [-0.05, 0) is 12.3 Å². The van der Waals surface area contributed by atoms with E-state index in [0.717, 1.165) is 39.3 Å². The van der Waals surface area contributed by atoms with Gasteiger partial charge in [0.2, 0.25) is 0 Å². The molecule has 0 aliphatic carbocycles. The Hall–Kier alpha value is -0.120. The maximum absolute atomic E-state index is 9.00. The number of aliphatic hydroxyl groups is 1. The maximum Gasteiger partial charge on any atom is 0.0594 e. The molecule has 1 rings (SSSR count). The third kappa shape index (κ3) is 3.09. The van der Waals surface area contributed by atoms with Crippen molar-refractivity contribution in [2.24, 2.45) is 5.92 Å². The second-order valence-corrected chi connectivity index (χ2v) is 3.37. The van der Waals surface area contributed by atoms with Gasteiger partial charge < -0.3 is 9.84 Å². The summed E-state index contributed by atoms with van der Waals surface area (Å²) < 4.78 is 5.24. The van der Waals surface area contributed by atoms with E-state index >= 15 is 0 Å². The van der Waals surface area contributed by atoms with Crippen LogP contribution in [-0.4, -0.2) is 49.5 Å². The van der Waals surface area contributed by atoms with Gasteiger partial charge in [0, 0.05) is 26.2 Å². The van der Waals surface area contributed by atoms with Gasteiger partial charge in [0.05, 0.1) is 13.2 Å². The molecule has 0 aromatic carbocycles. The zero-order valence-electron chi connectivity index (χ0n) is 7.83. The fourth-order valence-corrected chi connectivity index (χ4v) is 1.46. The first-order chi connectivity index (χ1) is 5.86. The molecule has 1 N–H and O–H groups in total. The van der Waals surface area contributed by atoms with Gasteiger partial charge in [-0.1, -0.05) is 6.92 Å². The molecule has 0 aromatic rings. The average Bonchev–Trinajstić information content (AvgIpc) is 2.16. The number of rotatable bonds is 4. The average molecular weight is 173 g/mol. The van der Waals surface area contributed by atoms with Gasteiger partial charge in [-0.2, -0.15) is 0 Å². The van der Waals surface area contributed by atoms with Crippen LogP contribution in [0.3, 0.4) is 0 Å². The van der Waals surface area contributed by atoms with Crippen LogP contribution < -0.4 is 0 Å². The summed E-state index contributed by atoms with van der Waals surface area (Å²) in [6.45, 7) is 7.21.